The van der Waals surface area contributed by atoms with E-state index in [2.05, 4.69) is 17.6 Å². The molecular weight excluding hydrogens is 342 g/mol. The van der Waals surface area contributed by atoms with Gasteiger partial charge in [0.2, 0.25) is 0 Å². The zero-order valence-electron chi connectivity index (χ0n) is 16.8. The van der Waals surface area contributed by atoms with E-state index in [0.29, 0.717) is 65.8 Å². The summed E-state index contributed by atoms with van der Waals surface area (Å²) >= 11 is 0. The first-order valence-corrected chi connectivity index (χ1v) is 9.24. The molecule has 0 aliphatic rings. The Balaban J connectivity index is 3.09. The van der Waals surface area contributed by atoms with Gasteiger partial charge in [-0.2, -0.15) is 0 Å². The number of rotatable bonds is 19. The molecule has 0 atom stereocenters. The molecule has 0 bridgehead atoms. The van der Waals surface area contributed by atoms with Gasteiger partial charge in [0.05, 0.1) is 46.2 Å². The third-order valence-electron chi connectivity index (χ3n) is 3.20. The number of hydrogen-bond acceptors (Lipinski definition) is 7. The van der Waals surface area contributed by atoms with Crippen LogP contribution in [0.1, 0.15) is 26.2 Å². The Labute approximate surface area is 157 Å². The number of carbonyl (C=O) groups excluding carboxylic acids is 2. The second-order valence-electron chi connectivity index (χ2n) is 5.49. The topological polar surface area (TPSA) is 121 Å². The van der Waals surface area contributed by atoms with Gasteiger partial charge in [0.25, 0.3) is 0 Å². The van der Waals surface area contributed by atoms with E-state index in [0.717, 1.165) is 13.1 Å². The fourth-order valence-corrected chi connectivity index (χ4v) is 1.79. The van der Waals surface area contributed by atoms with Crippen LogP contribution in [-0.2, 0) is 28.5 Å². The first kappa shape index (κ1) is 22.8. The molecule has 2 amide bonds. The monoisotopic (exact) mass is 378 g/mol. The molecule has 0 radical (unpaired) electrons. The first-order valence-electron chi connectivity index (χ1n) is 9.74. The molecule has 0 saturated carbocycles. The average Bonchev–Trinajstić information content (AvgIpc) is 2.68. The zero-order chi connectivity index (χ0) is 20.0. The second-order valence-corrected chi connectivity index (χ2v) is 5.49. The van der Waals surface area contributed by atoms with Gasteiger partial charge in [0.15, 0.2) is 1.41 Å². The van der Waals surface area contributed by atoms with Gasteiger partial charge in [-0.3, -0.25) is 9.59 Å². The fourth-order valence-electron chi connectivity index (χ4n) is 1.79. The molecule has 0 rings (SSSR count). The summed E-state index contributed by atoms with van der Waals surface area (Å²) < 4.78 is 28.1. The van der Waals surface area contributed by atoms with Gasteiger partial charge in [-0.25, -0.2) is 0 Å². The molecule has 9 nitrogen and oxygen atoms in total. The average molecular weight is 378 g/mol. The molecule has 0 aromatic carbocycles. The first-order chi connectivity index (χ1) is 13.2. The van der Waals surface area contributed by atoms with Crippen molar-refractivity contribution in [2.24, 2.45) is 5.73 Å². The van der Waals surface area contributed by atoms with Gasteiger partial charge in [-0.1, -0.05) is 13.3 Å². The van der Waals surface area contributed by atoms with Gasteiger partial charge in [0.1, 0.15) is 0 Å². The lowest BCUT2D eigenvalue weighted by Crippen LogP contribution is -2.36. The van der Waals surface area contributed by atoms with E-state index in [4.69, 9.17) is 20.4 Å². The van der Waals surface area contributed by atoms with E-state index >= 15 is 0 Å². The molecule has 0 spiro atoms. The molecule has 0 unspecified atom stereocenters. The van der Waals surface area contributed by atoms with Crippen LogP contribution in [0.5, 0.6) is 0 Å². The largest absolute Gasteiger partial charge is 0.379 e. The van der Waals surface area contributed by atoms with E-state index in [9.17, 15) is 9.59 Å². The Morgan fingerprint density at radius 2 is 1.38 bits per heavy atom. The van der Waals surface area contributed by atoms with Gasteiger partial charge in [-0.05, 0) is 19.4 Å². The molecule has 0 aromatic heterocycles. The standard InChI is InChI=1S/C17H35N3O6/c1-2-3-5-19-7-9-24-11-13-26-15-14-25-12-10-23-8-4-6-20-17(22)16(18)21/h19H,2-15H2,1H3,(H2,18,21)(H,20,22)/i/hD. The summed E-state index contributed by atoms with van der Waals surface area (Å²) in [7, 11) is 0. The minimum absolute atomic E-state index is 0.317. The highest BCUT2D eigenvalue weighted by molar-refractivity contribution is 6.34. The molecule has 0 saturated heterocycles. The predicted molar refractivity (Wildman–Crippen MR) is 97.9 cm³/mol. The van der Waals surface area contributed by atoms with Crippen LogP contribution in [0.2, 0.25) is 1.41 Å². The lowest BCUT2D eigenvalue weighted by Gasteiger charge is -2.08. The summed E-state index contributed by atoms with van der Waals surface area (Å²) in [6, 6.07) is 0. The lowest BCUT2D eigenvalue weighted by molar-refractivity contribution is -0.137. The van der Waals surface area contributed by atoms with Gasteiger partial charge >= 0.3 is 11.8 Å². The van der Waals surface area contributed by atoms with Crippen LogP contribution in [0.25, 0.3) is 0 Å². The van der Waals surface area contributed by atoms with E-state index in [1.165, 1.54) is 18.6 Å². The quantitative estimate of drug-likeness (QED) is 0.203. The minimum Gasteiger partial charge on any atom is -0.379 e. The van der Waals surface area contributed by atoms with Gasteiger partial charge in [0, 0.05) is 19.7 Å². The van der Waals surface area contributed by atoms with E-state index in [1.54, 1.807) is 0 Å². The van der Waals surface area contributed by atoms with Crippen LogP contribution in [0.15, 0.2) is 0 Å². The molecule has 0 aromatic rings. The number of amides is 2. The van der Waals surface area contributed by atoms with Gasteiger partial charge < -0.3 is 35.3 Å². The van der Waals surface area contributed by atoms with Gasteiger partial charge in [-0.15, -0.1) is 0 Å². The van der Waals surface area contributed by atoms with Crippen molar-refractivity contribution < 1.29 is 29.9 Å². The number of nitrogens with one attached hydrogen (secondary N) is 2. The van der Waals surface area contributed by atoms with Crippen molar-refractivity contribution in [2.45, 2.75) is 26.2 Å². The Kier molecular flexibility index (Phi) is 17.6. The summed E-state index contributed by atoms with van der Waals surface area (Å²) in [6.07, 6.45) is 2.97. The smallest absolute Gasteiger partial charge is 0.309 e. The van der Waals surface area contributed by atoms with Crippen LogP contribution in [0.3, 0.4) is 0 Å². The van der Waals surface area contributed by atoms with Crippen LogP contribution in [0, 0.1) is 0 Å². The zero-order valence-corrected chi connectivity index (χ0v) is 15.8. The van der Waals surface area contributed by atoms with Crippen LogP contribution in [-0.4, -0.2) is 84.3 Å². The molecule has 4 N–H and O–H groups in total. The van der Waals surface area contributed by atoms with Crippen molar-refractivity contribution >= 4 is 11.8 Å². The third kappa shape index (κ3) is 19.1. The van der Waals surface area contributed by atoms with Crippen molar-refractivity contribution in [3.05, 3.63) is 0 Å². The van der Waals surface area contributed by atoms with Crippen molar-refractivity contribution in [2.75, 3.05) is 72.5 Å². The van der Waals surface area contributed by atoms with Crippen molar-refractivity contribution in [3.63, 3.8) is 0 Å². The number of nitrogens with two attached hydrogens (primary N) is 1. The maximum absolute atomic E-state index is 11.0. The number of primary amides is 1. The summed E-state index contributed by atoms with van der Waals surface area (Å²) in [5.41, 5.74) is 1.51. The third-order valence-corrected chi connectivity index (χ3v) is 3.20. The maximum atomic E-state index is 11.0. The molecule has 0 aliphatic heterocycles. The normalized spacial score (nSPS) is 11.2. The van der Waals surface area contributed by atoms with E-state index in [1.807, 2.05) is 0 Å². The number of hydrogen-bond donors (Lipinski definition) is 3. The van der Waals surface area contributed by atoms with Crippen molar-refractivity contribution in [1.29, 1.82) is 0 Å². The minimum atomic E-state index is -0.975. The van der Waals surface area contributed by atoms with E-state index in [-0.39, 0.29) is 0 Å². The number of ether oxygens (including phenoxy) is 4. The Hall–Kier alpha value is -1.26. The molecule has 0 aliphatic carbocycles. The highest BCUT2D eigenvalue weighted by atomic mass is 16.6. The summed E-state index contributed by atoms with van der Waals surface area (Å²) in [4.78, 5) is 21.8. The van der Waals surface area contributed by atoms with Crippen molar-refractivity contribution in [1.82, 2.24) is 10.6 Å². The number of unbranched alkanes of at least 4 members (excludes halogenated alkanes) is 1. The predicted octanol–water partition coefficient (Wildman–Crippen LogP) is -0.566. The van der Waals surface area contributed by atoms with Crippen LogP contribution in [0.4, 0.5) is 0 Å². The number of carbonyl (C=O) groups is 2. The molecule has 154 valence electrons. The summed E-state index contributed by atoms with van der Waals surface area (Å²) in [5, 5.41) is 5.68. The fraction of sp³-hybridized carbons (Fsp3) is 0.882. The second kappa shape index (κ2) is 20.1. The molecule has 26 heavy (non-hydrogen) atoms. The highest BCUT2D eigenvalue weighted by Gasteiger charge is 2.05. The Bertz CT molecular complexity index is 364. The Morgan fingerprint density at radius 3 is 1.96 bits per heavy atom. The molecule has 0 fully saturated rings. The highest BCUT2D eigenvalue weighted by Crippen LogP contribution is 1.85. The van der Waals surface area contributed by atoms with Crippen LogP contribution >= 0.6 is 0 Å². The molecule has 9 heteroatoms. The summed E-state index contributed by atoms with van der Waals surface area (Å²) in [6.45, 7) is 8.62. The summed E-state index contributed by atoms with van der Waals surface area (Å²) in [5.74, 6) is -1.79. The SMILES string of the molecule is [2H]NC(=O)C(=O)NCCCOCCOCCOCCOCCNCCCC. The van der Waals surface area contributed by atoms with Crippen molar-refractivity contribution in [3.8, 4) is 0 Å². The maximum Gasteiger partial charge on any atom is 0.309 e. The molecule has 0 heterocycles. The van der Waals surface area contributed by atoms with Crippen LogP contribution < -0.4 is 16.4 Å². The molecular formula is C17H35N3O6. The lowest BCUT2D eigenvalue weighted by atomic mass is 10.3. The van der Waals surface area contributed by atoms with E-state index < -0.39 is 11.8 Å². The Morgan fingerprint density at radius 1 is 0.808 bits per heavy atom.